The number of hydrogen-bond donors (Lipinski definition) is 2. The van der Waals surface area contributed by atoms with Crippen molar-refractivity contribution < 1.29 is 9.13 Å². The van der Waals surface area contributed by atoms with Crippen LogP contribution in [0.15, 0.2) is 42.5 Å². The molecule has 2 aromatic carbocycles. The molecular weight excluding hydrogens is 455 g/mol. The molecule has 1 fully saturated rings. The highest BCUT2D eigenvalue weighted by atomic mass is 35.5. The fourth-order valence-electron chi connectivity index (χ4n) is 4.48. The summed E-state index contributed by atoms with van der Waals surface area (Å²) in [4.78, 5) is 6.86. The molecule has 0 atom stereocenters. The lowest BCUT2D eigenvalue weighted by Gasteiger charge is -2.29. The van der Waals surface area contributed by atoms with E-state index in [1.54, 1.807) is 12.1 Å². The van der Waals surface area contributed by atoms with Crippen molar-refractivity contribution in [3.05, 3.63) is 53.8 Å². The van der Waals surface area contributed by atoms with Crippen LogP contribution in [-0.4, -0.2) is 35.4 Å². The van der Waals surface area contributed by atoms with Gasteiger partial charge in [-0.05, 0) is 49.1 Å². The van der Waals surface area contributed by atoms with Crippen LogP contribution in [0.5, 0.6) is 5.75 Å². The summed E-state index contributed by atoms with van der Waals surface area (Å²) in [7, 11) is 1.47. The van der Waals surface area contributed by atoms with Crippen LogP contribution >= 0.6 is 12.4 Å². The summed E-state index contributed by atoms with van der Waals surface area (Å²) in [5.74, 6) is 0.159. The van der Waals surface area contributed by atoms with Gasteiger partial charge in [0.1, 0.15) is 23.5 Å². The van der Waals surface area contributed by atoms with Gasteiger partial charge in [0.15, 0.2) is 5.65 Å². The van der Waals surface area contributed by atoms with Crippen molar-refractivity contribution >= 4 is 34.9 Å². The van der Waals surface area contributed by atoms with Gasteiger partial charge in [-0.25, -0.2) is 9.37 Å². The van der Waals surface area contributed by atoms with Gasteiger partial charge in [-0.3, -0.25) is 5.10 Å². The number of anilines is 2. The summed E-state index contributed by atoms with van der Waals surface area (Å²) >= 11 is 0. The maximum absolute atomic E-state index is 14.9. The van der Waals surface area contributed by atoms with Crippen LogP contribution in [0.4, 0.5) is 15.9 Å². The van der Waals surface area contributed by atoms with E-state index in [1.807, 2.05) is 12.1 Å². The Labute approximate surface area is 202 Å². The number of methoxy groups -OCH3 is 1. The number of hydrogen-bond acceptors (Lipinski definition) is 6. The standard InChI is InChI=1S/C25H23FN6O.ClH/c1-33-17-9-10-18(20(26)13-17)23-19(14-27)21(22-24(28)30-31-25(22)29-23)15-5-7-16(8-6-15)32-11-3-2-4-12-32;/h5-10,13H,2-4,11-12H2,1H3,(H3,28,29,30,31);1H. The highest BCUT2D eigenvalue weighted by Gasteiger charge is 2.23. The zero-order valence-corrected chi connectivity index (χ0v) is 19.5. The number of piperidine rings is 1. The van der Waals surface area contributed by atoms with Gasteiger partial charge in [-0.1, -0.05) is 12.1 Å². The Morgan fingerprint density at radius 1 is 1.12 bits per heavy atom. The lowest BCUT2D eigenvalue weighted by Crippen LogP contribution is -2.29. The molecule has 1 aliphatic rings. The molecule has 0 radical (unpaired) electrons. The van der Waals surface area contributed by atoms with E-state index in [0.717, 1.165) is 24.3 Å². The number of ether oxygens (including phenoxy) is 1. The molecule has 174 valence electrons. The molecule has 34 heavy (non-hydrogen) atoms. The van der Waals surface area contributed by atoms with Crippen molar-refractivity contribution in [2.45, 2.75) is 19.3 Å². The molecule has 1 saturated heterocycles. The third-order valence-electron chi connectivity index (χ3n) is 6.15. The Hall–Kier alpha value is -3.83. The van der Waals surface area contributed by atoms with Gasteiger partial charge in [0.2, 0.25) is 0 Å². The minimum atomic E-state index is -0.535. The Morgan fingerprint density at radius 2 is 1.85 bits per heavy atom. The second-order valence-electron chi connectivity index (χ2n) is 8.10. The van der Waals surface area contributed by atoms with Gasteiger partial charge in [-0.15, -0.1) is 12.4 Å². The lowest BCUT2D eigenvalue weighted by atomic mass is 9.93. The molecule has 4 aromatic rings. The average Bonchev–Trinajstić information content (AvgIpc) is 3.23. The van der Waals surface area contributed by atoms with Crippen LogP contribution in [0, 0.1) is 17.1 Å². The molecular formula is C25H24ClFN6O. The highest BCUT2D eigenvalue weighted by molar-refractivity contribution is 6.04. The van der Waals surface area contributed by atoms with Crippen LogP contribution in [0.25, 0.3) is 33.4 Å². The molecule has 0 amide bonds. The van der Waals surface area contributed by atoms with Crippen molar-refractivity contribution in [3.8, 4) is 34.2 Å². The molecule has 2 aromatic heterocycles. The minimum absolute atomic E-state index is 0. The highest BCUT2D eigenvalue weighted by Crippen LogP contribution is 2.40. The first-order valence-corrected chi connectivity index (χ1v) is 10.9. The van der Waals surface area contributed by atoms with Gasteiger partial charge < -0.3 is 15.4 Å². The smallest absolute Gasteiger partial charge is 0.184 e. The number of halogens is 2. The fourth-order valence-corrected chi connectivity index (χ4v) is 4.48. The van der Waals surface area contributed by atoms with Crippen molar-refractivity contribution in [2.24, 2.45) is 0 Å². The van der Waals surface area contributed by atoms with Gasteiger partial charge in [0.25, 0.3) is 0 Å². The molecule has 0 aliphatic carbocycles. The Morgan fingerprint density at radius 3 is 2.50 bits per heavy atom. The first-order chi connectivity index (χ1) is 16.1. The Kier molecular flexibility index (Phi) is 6.57. The van der Waals surface area contributed by atoms with Crippen LogP contribution in [0.3, 0.4) is 0 Å². The van der Waals surface area contributed by atoms with Crippen LogP contribution < -0.4 is 15.4 Å². The van der Waals surface area contributed by atoms with E-state index >= 15 is 0 Å². The molecule has 0 spiro atoms. The Bertz CT molecular complexity index is 1370. The topological polar surface area (TPSA) is 104 Å². The van der Waals surface area contributed by atoms with Crippen molar-refractivity contribution in [1.29, 1.82) is 5.26 Å². The molecule has 3 N–H and O–H groups in total. The van der Waals surface area contributed by atoms with Gasteiger partial charge in [0.05, 0.1) is 23.8 Å². The zero-order valence-electron chi connectivity index (χ0n) is 18.6. The van der Waals surface area contributed by atoms with E-state index < -0.39 is 5.82 Å². The maximum Gasteiger partial charge on any atom is 0.184 e. The molecule has 0 bridgehead atoms. The summed E-state index contributed by atoms with van der Waals surface area (Å²) < 4.78 is 20.1. The summed E-state index contributed by atoms with van der Waals surface area (Å²) in [6.07, 6.45) is 3.64. The molecule has 0 unspecified atom stereocenters. The van der Waals surface area contributed by atoms with Gasteiger partial charge >= 0.3 is 0 Å². The second-order valence-corrected chi connectivity index (χ2v) is 8.10. The summed E-state index contributed by atoms with van der Waals surface area (Å²) in [6.45, 7) is 2.08. The molecule has 1 aliphatic heterocycles. The third-order valence-corrected chi connectivity index (χ3v) is 6.15. The monoisotopic (exact) mass is 478 g/mol. The van der Waals surface area contributed by atoms with E-state index in [4.69, 9.17) is 10.5 Å². The number of nitriles is 1. The van der Waals surface area contributed by atoms with E-state index in [0.29, 0.717) is 28.2 Å². The number of pyridine rings is 1. The number of fused-ring (bicyclic) bond motifs is 1. The number of H-pyrrole nitrogens is 1. The molecule has 0 saturated carbocycles. The normalized spacial score (nSPS) is 13.4. The van der Waals surface area contributed by atoms with Crippen LogP contribution in [0.1, 0.15) is 24.8 Å². The number of nitrogens with zero attached hydrogens (tertiary/aromatic N) is 4. The first kappa shape index (κ1) is 23.3. The average molecular weight is 479 g/mol. The quantitative estimate of drug-likeness (QED) is 0.412. The maximum atomic E-state index is 14.9. The lowest BCUT2D eigenvalue weighted by molar-refractivity contribution is 0.411. The van der Waals surface area contributed by atoms with E-state index in [1.165, 1.54) is 32.4 Å². The summed E-state index contributed by atoms with van der Waals surface area (Å²) in [5, 5.41) is 17.6. The molecule has 3 heterocycles. The fraction of sp³-hybridized carbons (Fsp3) is 0.240. The van der Waals surface area contributed by atoms with Crippen LogP contribution in [0.2, 0.25) is 0 Å². The van der Waals surface area contributed by atoms with Crippen molar-refractivity contribution in [1.82, 2.24) is 15.2 Å². The number of nitrogens with two attached hydrogens (primary N) is 1. The zero-order chi connectivity index (χ0) is 22.9. The number of nitrogen functional groups attached to an aromatic ring is 1. The number of aromatic nitrogens is 3. The van der Waals surface area contributed by atoms with Crippen LogP contribution in [-0.2, 0) is 0 Å². The number of nitrogens with one attached hydrogen (secondary N) is 1. The number of aromatic amines is 1. The molecule has 5 rings (SSSR count). The first-order valence-electron chi connectivity index (χ1n) is 10.9. The van der Waals surface area contributed by atoms with Crippen molar-refractivity contribution in [2.75, 3.05) is 30.8 Å². The minimum Gasteiger partial charge on any atom is -0.497 e. The third kappa shape index (κ3) is 3.99. The molecule has 7 nitrogen and oxygen atoms in total. The second kappa shape index (κ2) is 9.57. The van der Waals surface area contributed by atoms with Gasteiger partial charge in [0, 0.05) is 36.0 Å². The van der Waals surface area contributed by atoms with Gasteiger partial charge in [-0.2, -0.15) is 10.4 Å². The predicted octanol–water partition coefficient (Wildman–Crippen LogP) is 5.31. The van der Waals surface area contributed by atoms with E-state index in [9.17, 15) is 9.65 Å². The molecule has 9 heteroatoms. The number of benzene rings is 2. The van der Waals surface area contributed by atoms with Crippen molar-refractivity contribution in [3.63, 3.8) is 0 Å². The van der Waals surface area contributed by atoms with E-state index in [2.05, 4.69) is 38.3 Å². The predicted molar refractivity (Wildman–Crippen MR) is 134 cm³/mol. The largest absolute Gasteiger partial charge is 0.497 e. The number of rotatable bonds is 4. The SMILES string of the molecule is COc1ccc(-c2nc3n[nH]c(N)c3c(-c3ccc(N4CCCCC4)cc3)c2C#N)c(F)c1.Cl. The summed E-state index contributed by atoms with van der Waals surface area (Å²) in [5.41, 5.74) is 9.68. The van der Waals surface area contributed by atoms with E-state index in [-0.39, 0.29) is 29.2 Å². The Balaban J connectivity index is 0.00000274. The summed E-state index contributed by atoms with van der Waals surface area (Å²) in [6, 6.07) is 14.8.